The summed E-state index contributed by atoms with van der Waals surface area (Å²) in [7, 11) is 0. The number of carbonyl (C=O) groups excluding carboxylic acids is 4. The molecule has 244 valence electrons. The molecular weight excluding hydrogens is 586 g/mol. The first-order valence-corrected chi connectivity index (χ1v) is 14.5. The van der Waals surface area contributed by atoms with Crippen LogP contribution in [0.15, 0.2) is 60.7 Å². The van der Waals surface area contributed by atoms with Gasteiger partial charge in [-0.1, -0.05) is 48.5 Å². The van der Waals surface area contributed by atoms with E-state index in [0.717, 1.165) is 5.56 Å². The molecule has 14 nitrogen and oxygen atoms in total. The molecule has 2 aromatic rings. The van der Waals surface area contributed by atoms with Gasteiger partial charge in [0.15, 0.2) is 29.6 Å². The van der Waals surface area contributed by atoms with Crippen LogP contribution in [0, 0.1) is 0 Å². The molecule has 1 heterocycles. The first kappa shape index (κ1) is 35.0. The Morgan fingerprint density at radius 3 is 2.16 bits per heavy atom. The fraction of sp³-hybridized carbons (Fsp3) is 0.452. The lowest BCUT2D eigenvalue weighted by molar-refractivity contribution is -0.155. The van der Waals surface area contributed by atoms with E-state index in [-0.39, 0.29) is 25.8 Å². The zero-order chi connectivity index (χ0) is 33.2. The third kappa shape index (κ3) is 10.6. The number of ketones is 1. The number of nitrogens with two attached hydrogens (primary N) is 2. The lowest BCUT2D eigenvalue weighted by Crippen LogP contribution is -2.62. The molecule has 1 fully saturated rings. The van der Waals surface area contributed by atoms with Crippen LogP contribution in [0.3, 0.4) is 0 Å². The third-order valence-corrected chi connectivity index (χ3v) is 6.85. The average molecular weight is 628 g/mol. The van der Waals surface area contributed by atoms with Gasteiger partial charge in [0, 0.05) is 13.0 Å². The molecule has 5 atom stereocenters. The molecule has 1 saturated heterocycles. The van der Waals surface area contributed by atoms with Crippen LogP contribution in [0.25, 0.3) is 0 Å². The predicted octanol–water partition coefficient (Wildman–Crippen LogP) is 1.43. The Hall–Kier alpha value is -4.53. The second-order valence-corrected chi connectivity index (χ2v) is 11.7. The van der Waals surface area contributed by atoms with Crippen LogP contribution in [0.5, 0.6) is 0 Å². The lowest BCUT2D eigenvalue weighted by Gasteiger charge is -2.32. The average Bonchev–Trinajstić information content (AvgIpc) is 3.78. The number of carboxylic acids is 1. The summed E-state index contributed by atoms with van der Waals surface area (Å²) in [5.74, 6) is -3.95. The maximum absolute atomic E-state index is 13.6. The number of carboxylic acid groups (broad SMARTS) is 1. The molecule has 14 heteroatoms. The van der Waals surface area contributed by atoms with Crippen molar-refractivity contribution in [1.29, 1.82) is 0 Å². The topological polar surface area (TPSA) is 225 Å². The number of alkyl carbamates (subject to hydrolysis) is 1. The van der Waals surface area contributed by atoms with Gasteiger partial charge < -0.3 is 36.7 Å². The molecule has 0 aliphatic carbocycles. The summed E-state index contributed by atoms with van der Waals surface area (Å²) in [4.78, 5) is 68.7. The number of amides is 3. The van der Waals surface area contributed by atoms with E-state index in [9.17, 15) is 29.1 Å². The molecule has 3 rings (SSSR count). The van der Waals surface area contributed by atoms with Crippen LogP contribution in [0.1, 0.15) is 45.6 Å². The van der Waals surface area contributed by atoms with Crippen molar-refractivity contribution in [1.82, 2.24) is 10.6 Å². The number of nitrogens with one attached hydrogen (secondary N) is 3. The number of ether oxygens (including phenoxy) is 2. The second-order valence-electron chi connectivity index (χ2n) is 11.7. The molecule has 0 bridgehead atoms. The summed E-state index contributed by atoms with van der Waals surface area (Å²) in [6.07, 6.45) is -4.72. The number of benzene rings is 2. The van der Waals surface area contributed by atoms with Gasteiger partial charge in [0.25, 0.3) is 5.91 Å². The number of epoxide rings is 1. The van der Waals surface area contributed by atoms with E-state index in [1.165, 1.54) is 0 Å². The molecular formula is C31H41N5O9. The standard InChI is InChI=1S/C31H41N5O9/c1-30(2,3)44-29(42)34-17-11-10-16-31(33,28(40)41)25(45-36-20-14-8-5-9-15-20)22(37)23-24(43-23)27(39)35-21(26(32)38)18-19-12-6-4-7-13-19/h4-9,12-15,21,23-25,36H,10-11,16-18,33H2,1-3H3,(H2,32,38)(H,34,42)(H,35,39)(H,40,41)/t21-,23+,24-,25?,31-/m0/s1. The number of para-hydroxylation sites is 1. The van der Waals surface area contributed by atoms with Crippen molar-refractivity contribution in [3.63, 3.8) is 0 Å². The van der Waals surface area contributed by atoms with Crippen molar-refractivity contribution in [3.8, 4) is 0 Å². The molecule has 2 aromatic carbocycles. The van der Waals surface area contributed by atoms with Crippen LogP contribution >= 0.6 is 0 Å². The molecule has 1 aliphatic heterocycles. The molecule has 0 saturated carbocycles. The number of hydrogen-bond donors (Lipinski definition) is 6. The van der Waals surface area contributed by atoms with E-state index in [2.05, 4.69) is 16.1 Å². The molecule has 0 aromatic heterocycles. The first-order valence-electron chi connectivity index (χ1n) is 14.5. The minimum Gasteiger partial charge on any atom is -0.480 e. The van der Waals surface area contributed by atoms with Crippen LogP contribution in [-0.2, 0) is 39.9 Å². The third-order valence-electron chi connectivity index (χ3n) is 6.85. The van der Waals surface area contributed by atoms with Crippen LogP contribution in [-0.4, -0.2) is 76.8 Å². The molecule has 8 N–H and O–H groups in total. The van der Waals surface area contributed by atoms with E-state index < -0.39 is 65.2 Å². The largest absolute Gasteiger partial charge is 0.480 e. The van der Waals surface area contributed by atoms with Crippen LogP contribution < -0.4 is 27.6 Å². The molecule has 0 radical (unpaired) electrons. The zero-order valence-corrected chi connectivity index (χ0v) is 25.5. The highest BCUT2D eigenvalue weighted by molar-refractivity contribution is 6.02. The molecule has 1 unspecified atom stereocenters. The van der Waals surface area contributed by atoms with E-state index in [1.54, 1.807) is 81.4 Å². The van der Waals surface area contributed by atoms with Gasteiger partial charge in [0.05, 0.1) is 5.69 Å². The van der Waals surface area contributed by atoms with E-state index in [1.807, 2.05) is 0 Å². The van der Waals surface area contributed by atoms with E-state index in [0.29, 0.717) is 12.1 Å². The number of anilines is 1. The number of unbranched alkanes of at least 4 members (excludes halogenated alkanes) is 1. The second kappa shape index (κ2) is 15.5. The van der Waals surface area contributed by atoms with Crippen molar-refractivity contribution in [2.45, 2.75) is 81.9 Å². The monoisotopic (exact) mass is 627 g/mol. The Bertz CT molecular complexity index is 1340. The summed E-state index contributed by atoms with van der Waals surface area (Å²) in [5.41, 5.74) is 12.7. The number of carbonyl (C=O) groups is 5. The van der Waals surface area contributed by atoms with Crippen LogP contribution in [0.2, 0.25) is 0 Å². The minimum absolute atomic E-state index is 0.119. The van der Waals surface area contributed by atoms with Gasteiger partial charge in [-0.2, -0.15) is 0 Å². The summed E-state index contributed by atoms with van der Waals surface area (Å²) >= 11 is 0. The predicted molar refractivity (Wildman–Crippen MR) is 163 cm³/mol. The lowest BCUT2D eigenvalue weighted by atomic mass is 9.84. The van der Waals surface area contributed by atoms with Crippen molar-refractivity contribution in [2.75, 3.05) is 12.0 Å². The SMILES string of the molecule is CC(C)(C)OC(=O)NCCCC[C@@](N)(C(=O)O)C(ONc1ccccc1)C(=O)[C@H]1O[C@@H]1C(=O)N[C@@H](Cc1ccccc1)C(N)=O. The number of rotatable bonds is 17. The number of primary amides is 1. The molecule has 3 amide bonds. The van der Waals surface area contributed by atoms with Gasteiger partial charge in [-0.15, -0.1) is 0 Å². The Balaban J connectivity index is 1.69. The van der Waals surface area contributed by atoms with E-state index in [4.69, 9.17) is 25.8 Å². The van der Waals surface area contributed by atoms with Crippen molar-refractivity contribution < 1.29 is 43.4 Å². The summed E-state index contributed by atoms with van der Waals surface area (Å²) in [6.45, 7) is 5.34. The molecule has 0 spiro atoms. The maximum atomic E-state index is 13.6. The summed E-state index contributed by atoms with van der Waals surface area (Å²) in [6, 6.07) is 16.2. The first-order chi connectivity index (χ1) is 21.2. The smallest absolute Gasteiger partial charge is 0.407 e. The molecule has 1 aliphatic rings. The quantitative estimate of drug-likeness (QED) is 0.0835. The van der Waals surface area contributed by atoms with Gasteiger partial charge >= 0.3 is 12.1 Å². The number of Topliss-reactive ketones (excluding diaryl/α,β-unsaturated/α-hetero) is 1. The number of aliphatic carboxylic acids is 1. The Labute approximate surface area is 261 Å². The van der Waals surface area contributed by atoms with Gasteiger partial charge in [-0.05, 0) is 57.7 Å². The van der Waals surface area contributed by atoms with Crippen LogP contribution in [0.4, 0.5) is 10.5 Å². The molecule has 45 heavy (non-hydrogen) atoms. The fourth-order valence-electron chi connectivity index (χ4n) is 4.45. The summed E-state index contributed by atoms with van der Waals surface area (Å²) < 4.78 is 10.5. The normalized spacial score (nSPS) is 18.4. The van der Waals surface area contributed by atoms with E-state index >= 15 is 0 Å². The van der Waals surface area contributed by atoms with Gasteiger partial charge in [0.2, 0.25) is 5.91 Å². The zero-order valence-electron chi connectivity index (χ0n) is 25.5. The minimum atomic E-state index is -2.25. The Morgan fingerprint density at radius 2 is 1.58 bits per heavy atom. The highest BCUT2D eigenvalue weighted by Gasteiger charge is 2.58. The Kier molecular flexibility index (Phi) is 12.0. The highest BCUT2D eigenvalue weighted by Crippen LogP contribution is 2.30. The van der Waals surface area contributed by atoms with Gasteiger partial charge in [-0.3, -0.25) is 29.5 Å². The van der Waals surface area contributed by atoms with Crippen molar-refractivity contribution in [2.24, 2.45) is 11.5 Å². The van der Waals surface area contributed by atoms with Crippen molar-refractivity contribution in [3.05, 3.63) is 66.2 Å². The number of hydrogen-bond acceptors (Lipinski definition) is 10. The van der Waals surface area contributed by atoms with Gasteiger partial charge in [-0.25, -0.2) is 4.79 Å². The maximum Gasteiger partial charge on any atom is 0.407 e. The van der Waals surface area contributed by atoms with Gasteiger partial charge in [0.1, 0.15) is 11.6 Å². The highest BCUT2D eigenvalue weighted by atomic mass is 16.7. The fourth-order valence-corrected chi connectivity index (χ4v) is 4.45. The Morgan fingerprint density at radius 1 is 0.956 bits per heavy atom. The van der Waals surface area contributed by atoms with Crippen molar-refractivity contribution >= 4 is 35.3 Å². The summed E-state index contributed by atoms with van der Waals surface area (Å²) in [5, 5.41) is 15.3.